The molecule has 1 aromatic carbocycles. The number of rotatable bonds is 4. The first-order chi connectivity index (χ1) is 10.9. The molecule has 0 saturated carbocycles. The molecule has 2 aromatic rings. The van der Waals surface area contributed by atoms with Gasteiger partial charge in [0.05, 0.1) is 0 Å². The van der Waals surface area contributed by atoms with E-state index < -0.39 is 0 Å². The summed E-state index contributed by atoms with van der Waals surface area (Å²) in [6, 6.07) is 9.24. The van der Waals surface area contributed by atoms with E-state index in [9.17, 15) is 4.79 Å². The number of benzene rings is 1. The standard InChI is InChI=1S/C16H16BrN3O2S/c1-10-3-5-13(7-11(10)2)22-9-15(21)20-16(23)19-14-6-4-12(17)8-18-14/h3-8H,9H2,1-2H3,(H2,18,19,20,21,23). The van der Waals surface area contributed by atoms with Gasteiger partial charge in [0.15, 0.2) is 11.7 Å². The molecular weight excluding hydrogens is 378 g/mol. The third-order valence-electron chi connectivity index (χ3n) is 3.07. The molecule has 0 unspecified atom stereocenters. The SMILES string of the molecule is Cc1ccc(OCC(=O)NC(=S)Nc2ccc(Br)cn2)cc1C. The first-order valence-corrected chi connectivity index (χ1v) is 8.06. The van der Waals surface area contributed by atoms with E-state index in [4.69, 9.17) is 17.0 Å². The van der Waals surface area contributed by atoms with Crippen LogP contribution in [0.2, 0.25) is 0 Å². The Kier molecular flexibility index (Phi) is 6.06. The zero-order valence-corrected chi connectivity index (χ0v) is 15.1. The maximum atomic E-state index is 11.8. The number of hydrogen-bond acceptors (Lipinski definition) is 4. The Morgan fingerprint density at radius 1 is 1.26 bits per heavy atom. The number of nitrogens with one attached hydrogen (secondary N) is 2. The molecule has 7 heteroatoms. The lowest BCUT2D eigenvalue weighted by atomic mass is 10.1. The maximum Gasteiger partial charge on any atom is 0.264 e. The van der Waals surface area contributed by atoms with Gasteiger partial charge in [-0.2, -0.15) is 0 Å². The predicted octanol–water partition coefficient (Wildman–Crippen LogP) is 3.35. The van der Waals surface area contributed by atoms with Crippen molar-refractivity contribution in [1.82, 2.24) is 10.3 Å². The number of halogens is 1. The van der Waals surface area contributed by atoms with Crippen LogP contribution in [0.5, 0.6) is 5.75 Å². The number of ether oxygens (including phenoxy) is 1. The summed E-state index contributed by atoms with van der Waals surface area (Å²) in [5.41, 5.74) is 2.29. The highest BCUT2D eigenvalue weighted by Gasteiger charge is 2.07. The fourth-order valence-electron chi connectivity index (χ4n) is 1.71. The molecule has 0 aliphatic heterocycles. The third kappa shape index (κ3) is 5.61. The zero-order chi connectivity index (χ0) is 16.8. The van der Waals surface area contributed by atoms with Crippen LogP contribution in [0.3, 0.4) is 0 Å². The van der Waals surface area contributed by atoms with E-state index in [1.807, 2.05) is 38.1 Å². The van der Waals surface area contributed by atoms with Crippen molar-refractivity contribution >= 4 is 45.0 Å². The largest absolute Gasteiger partial charge is 0.484 e. The fraction of sp³-hybridized carbons (Fsp3) is 0.188. The van der Waals surface area contributed by atoms with E-state index in [1.165, 1.54) is 5.56 Å². The molecular formula is C16H16BrN3O2S. The number of nitrogens with zero attached hydrogens (tertiary/aromatic N) is 1. The second-order valence-corrected chi connectivity index (χ2v) is 6.22. The van der Waals surface area contributed by atoms with Crippen molar-refractivity contribution in [3.05, 3.63) is 52.1 Å². The molecule has 0 aliphatic carbocycles. The van der Waals surface area contributed by atoms with E-state index in [2.05, 4.69) is 31.5 Å². The van der Waals surface area contributed by atoms with Gasteiger partial charge >= 0.3 is 0 Å². The van der Waals surface area contributed by atoms with Gasteiger partial charge < -0.3 is 10.1 Å². The van der Waals surface area contributed by atoms with Gasteiger partial charge in [0.1, 0.15) is 11.6 Å². The van der Waals surface area contributed by atoms with Gasteiger partial charge in [-0.3, -0.25) is 10.1 Å². The monoisotopic (exact) mass is 393 g/mol. The molecule has 0 radical (unpaired) electrons. The summed E-state index contributed by atoms with van der Waals surface area (Å²) in [6.07, 6.45) is 1.63. The average Bonchev–Trinajstić information content (AvgIpc) is 2.51. The summed E-state index contributed by atoms with van der Waals surface area (Å²) in [6.45, 7) is 3.90. The number of aromatic nitrogens is 1. The molecule has 0 fully saturated rings. The second kappa shape index (κ2) is 8.03. The van der Waals surface area contributed by atoms with E-state index in [1.54, 1.807) is 12.3 Å². The van der Waals surface area contributed by atoms with E-state index >= 15 is 0 Å². The normalized spacial score (nSPS) is 10.0. The highest BCUT2D eigenvalue weighted by Crippen LogP contribution is 2.16. The fourth-order valence-corrected chi connectivity index (χ4v) is 2.17. The molecule has 1 amide bonds. The van der Waals surface area contributed by atoms with E-state index in [0.717, 1.165) is 10.0 Å². The van der Waals surface area contributed by atoms with Crippen molar-refractivity contribution < 1.29 is 9.53 Å². The van der Waals surface area contributed by atoms with Crippen LogP contribution in [0.15, 0.2) is 41.0 Å². The summed E-state index contributed by atoms with van der Waals surface area (Å²) in [4.78, 5) is 15.9. The number of aryl methyl sites for hydroxylation is 2. The van der Waals surface area contributed by atoms with Crippen LogP contribution in [-0.2, 0) is 4.79 Å². The van der Waals surface area contributed by atoms with Crippen molar-refractivity contribution in [1.29, 1.82) is 0 Å². The Bertz CT molecular complexity index is 720. The maximum absolute atomic E-state index is 11.8. The van der Waals surface area contributed by atoms with Gasteiger partial charge in [-0.15, -0.1) is 0 Å². The Morgan fingerprint density at radius 2 is 2.04 bits per heavy atom. The van der Waals surface area contributed by atoms with Crippen molar-refractivity contribution in [3.63, 3.8) is 0 Å². The minimum absolute atomic E-state index is 0.113. The van der Waals surface area contributed by atoms with Gasteiger partial charge in [-0.25, -0.2) is 4.98 Å². The number of carbonyl (C=O) groups excluding carboxylic acids is 1. The molecule has 2 rings (SSSR count). The van der Waals surface area contributed by atoms with Crippen LogP contribution in [0.25, 0.3) is 0 Å². The number of thiocarbonyl (C=S) groups is 1. The van der Waals surface area contributed by atoms with Gasteiger partial charge in [-0.1, -0.05) is 6.07 Å². The Hall–Kier alpha value is -1.99. The molecule has 1 heterocycles. The first-order valence-electron chi connectivity index (χ1n) is 6.86. The van der Waals surface area contributed by atoms with E-state index in [-0.39, 0.29) is 17.6 Å². The van der Waals surface area contributed by atoms with Crippen molar-refractivity contribution in [2.45, 2.75) is 13.8 Å². The zero-order valence-electron chi connectivity index (χ0n) is 12.7. The lowest BCUT2D eigenvalue weighted by Crippen LogP contribution is -2.37. The minimum Gasteiger partial charge on any atom is -0.484 e. The third-order valence-corrected chi connectivity index (χ3v) is 3.74. The van der Waals surface area contributed by atoms with Crippen molar-refractivity contribution in [2.24, 2.45) is 0 Å². The second-order valence-electron chi connectivity index (χ2n) is 4.90. The number of pyridine rings is 1. The molecule has 120 valence electrons. The molecule has 0 atom stereocenters. The lowest BCUT2D eigenvalue weighted by molar-refractivity contribution is -0.121. The molecule has 2 N–H and O–H groups in total. The molecule has 0 spiro atoms. The average molecular weight is 394 g/mol. The quantitative estimate of drug-likeness (QED) is 0.779. The topological polar surface area (TPSA) is 63.2 Å². The van der Waals surface area contributed by atoms with Crippen molar-refractivity contribution in [3.8, 4) is 5.75 Å². The van der Waals surface area contributed by atoms with Crippen LogP contribution in [0.1, 0.15) is 11.1 Å². The van der Waals surface area contributed by atoms with Gasteiger partial charge in [0.2, 0.25) is 0 Å². The summed E-state index contributed by atoms with van der Waals surface area (Å²) in [5, 5.41) is 5.55. The van der Waals surface area contributed by atoms with Gasteiger partial charge in [0, 0.05) is 10.7 Å². The van der Waals surface area contributed by atoms with Crippen LogP contribution in [-0.4, -0.2) is 22.6 Å². The Balaban J connectivity index is 1.80. The Morgan fingerprint density at radius 3 is 2.70 bits per heavy atom. The van der Waals surface area contributed by atoms with Crippen LogP contribution in [0, 0.1) is 13.8 Å². The smallest absolute Gasteiger partial charge is 0.264 e. The minimum atomic E-state index is -0.335. The summed E-state index contributed by atoms with van der Waals surface area (Å²) in [7, 11) is 0. The van der Waals surface area contributed by atoms with Gasteiger partial charge in [0.25, 0.3) is 5.91 Å². The Labute approximate surface area is 148 Å². The molecule has 1 aromatic heterocycles. The van der Waals surface area contributed by atoms with Crippen molar-refractivity contribution in [2.75, 3.05) is 11.9 Å². The van der Waals surface area contributed by atoms with Crippen LogP contribution >= 0.6 is 28.1 Å². The molecule has 23 heavy (non-hydrogen) atoms. The number of carbonyl (C=O) groups is 1. The molecule has 0 aliphatic rings. The summed E-state index contributed by atoms with van der Waals surface area (Å²) < 4.78 is 6.31. The summed E-state index contributed by atoms with van der Waals surface area (Å²) >= 11 is 8.36. The summed E-state index contributed by atoms with van der Waals surface area (Å²) in [5.74, 6) is 0.864. The molecule has 0 saturated heterocycles. The highest BCUT2D eigenvalue weighted by molar-refractivity contribution is 9.10. The number of anilines is 1. The van der Waals surface area contributed by atoms with E-state index in [0.29, 0.717) is 11.6 Å². The molecule has 0 bridgehead atoms. The highest BCUT2D eigenvalue weighted by atomic mass is 79.9. The predicted molar refractivity (Wildman–Crippen MR) is 97.7 cm³/mol. The first kappa shape index (κ1) is 17.4. The number of amides is 1. The number of hydrogen-bond donors (Lipinski definition) is 2. The van der Waals surface area contributed by atoms with Gasteiger partial charge in [-0.05, 0) is 77.4 Å². The molecule has 5 nitrogen and oxygen atoms in total. The van der Waals surface area contributed by atoms with Crippen LogP contribution < -0.4 is 15.4 Å². The lowest BCUT2D eigenvalue weighted by Gasteiger charge is -2.10. The van der Waals surface area contributed by atoms with Crippen LogP contribution in [0.4, 0.5) is 5.82 Å².